The molecule has 2 N–H and O–H groups in total. The van der Waals surface area contributed by atoms with Gasteiger partial charge >= 0.3 is 0 Å². The van der Waals surface area contributed by atoms with Crippen LogP contribution in [-0.4, -0.2) is 42.7 Å². The summed E-state index contributed by atoms with van der Waals surface area (Å²) in [5, 5.41) is 1.17. The Morgan fingerprint density at radius 1 is 1.38 bits per heavy atom. The lowest BCUT2D eigenvalue weighted by molar-refractivity contribution is 0.0691. The highest BCUT2D eigenvalue weighted by Gasteiger charge is 2.23. The van der Waals surface area contributed by atoms with Gasteiger partial charge < -0.3 is 10.5 Å². The van der Waals surface area contributed by atoms with Crippen LogP contribution in [0.4, 0.5) is 0 Å². The quantitative estimate of drug-likeness (QED) is 0.916. The molecule has 2 aromatic rings. The van der Waals surface area contributed by atoms with E-state index in [0.717, 1.165) is 25.1 Å². The molecule has 3 rings (SSSR count). The molecule has 112 valence electrons. The van der Waals surface area contributed by atoms with Crippen molar-refractivity contribution in [3.8, 4) is 0 Å². The van der Waals surface area contributed by atoms with Crippen molar-refractivity contribution in [3.63, 3.8) is 0 Å². The van der Waals surface area contributed by atoms with Gasteiger partial charge in [-0.2, -0.15) is 0 Å². The summed E-state index contributed by atoms with van der Waals surface area (Å²) in [5.41, 5.74) is 8.32. The van der Waals surface area contributed by atoms with Gasteiger partial charge in [-0.05, 0) is 31.5 Å². The van der Waals surface area contributed by atoms with Crippen LogP contribution in [0.1, 0.15) is 24.4 Å². The van der Waals surface area contributed by atoms with Gasteiger partial charge in [0.25, 0.3) is 0 Å². The maximum absolute atomic E-state index is 6.06. The van der Waals surface area contributed by atoms with Crippen molar-refractivity contribution in [1.82, 2.24) is 9.88 Å². The Kier molecular flexibility index (Phi) is 4.48. The van der Waals surface area contributed by atoms with Crippen molar-refractivity contribution in [2.45, 2.75) is 25.0 Å². The predicted molar refractivity (Wildman–Crippen MR) is 85.1 cm³/mol. The molecule has 1 aromatic carbocycles. The fraction of sp³-hybridized carbons (Fsp3) is 0.471. The lowest BCUT2D eigenvalue weighted by Gasteiger charge is -2.29. The standard InChI is InChI=1S/C17H23N3O/c1-20(12-14-7-4-10-21-14)16(11-18)15-8-2-5-13-6-3-9-19-17(13)15/h2-3,5-6,8-9,14,16H,4,7,10-12,18H2,1H3. The van der Waals surface area contributed by atoms with Crippen LogP contribution in [0.15, 0.2) is 36.5 Å². The average Bonchev–Trinajstić information content (AvgIpc) is 3.01. The summed E-state index contributed by atoms with van der Waals surface area (Å²) < 4.78 is 5.74. The first-order valence-electron chi connectivity index (χ1n) is 7.65. The second-order valence-electron chi connectivity index (χ2n) is 5.75. The number of rotatable bonds is 5. The fourth-order valence-corrected chi connectivity index (χ4v) is 3.18. The minimum absolute atomic E-state index is 0.174. The summed E-state index contributed by atoms with van der Waals surface area (Å²) in [6, 6.07) is 10.6. The molecular weight excluding hydrogens is 262 g/mol. The number of hydrogen-bond donors (Lipinski definition) is 1. The molecule has 4 heteroatoms. The van der Waals surface area contributed by atoms with Gasteiger partial charge in [-0.1, -0.05) is 24.3 Å². The number of nitrogens with zero attached hydrogens (tertiary/aromatic N) is 2. The number of aromatic nitrogens is 1. The predicted octanol–water partition coefficient (Wildman–Crippen LogP) is 2.35. The van der Waals surface area contributed by atoms with E-state index in [4.69, 9.17) is 10.5 Å². The Morgan fingerprint density at radius 2 is 2.24 bits per heavy atom. The monoisotopic (exact) mass is 285 g/mol. The van der Waals surface area contributed by atoms with Crippen molar-refractivity contribution in [3.05, 3.63) is 42.1 Å². The van der Waals surface area contributed by atoms with Gasteiger partial charge in [0.15, 0.2) is 0 Å². The molecule has 0 bridgehead atoms. The normalized spacial score (nSPS) is 20.2. The highest BCUT2D eigenvalue weighted by atomic mass is 16.5. The Bertz CT molecular complexity index is 590. The molecule has 1 fully saturated rings. The summed E-state index contributed by atoms with van der Waals surface area (Å²) in [6.45, 7) is 2.39. The van der Waals surface area contributed by atoms with Gasteiger partial charge in [0.05, 0.1) is 11.6 Å². The SMILES string of the molecule is CN(CC1CCCO1)C(CN)c1cccc2cccnc12. The third kappa shape index (κ3) is 3.07. The number of nitrogens with two attached hydrogens (primary N) is 1. The highest BCUT2D eigenvalue weighted by Crippen LogP contribution is 2.26. The molecule has 1 aromatic heterocycles. The van der Waals surface area contributed by atoms with E-state index in [-0.39, 0.29) is 6.04 Å². The topological polar surface area (TPSA) is 51.4 Å². The van der Waals surface area contributed by atoms with Crippen LogP contribution < -0.4 is 5.73 Å². The van der Waals surface area contributed by atoms with Crippen molar-refractivity contribution in [2.75, 3.05) is 26.7 Å². The summed E-state index contributed by atoms with van der Waals surface area (Å²) in [5.74, 6) is 0. The molecular formula is C17H23N3O. The van der Waals surface area contributed by atoms with Gasteiger partial charge in [-0.15, -0.1) is 0 Å². The Hall–Kier alpha value is -1.49. The molecule has 2 unspecified atom stereocenters. The van der Waals surface area contributed by atoms with Crippen LogP contribution in [-0.2, 0) is 4.74 Å². The first kappa shape index (κ1) is 14.4. The molecule has 0 saturated carbocycles. The van der Waals surface area contributed by atoms with Crippen molar-refractivity contribution < 1.29 is 4.74 Å². The molecule has 0 amide bonds. The van der Waals surface area contributed by atoms with Gasteiger partial charge in [-0.3, -0.25) is 9.88 Å². The number of fused-ring (bicyclic) bond motifs is 1. The molecule has 0 radical (unpaired) electrons. The number of hydrogen-bond acceptors (Lipinski definition) is 4. The van der Waals surface area contributed by atoms with E-state index in [1.54, 1.807) is 0 Å². The van der Waals surface area contributed by atoms with Gasteiger partial charge in [-0.25, -0.2) is 0 Å². The number of pyridine rings is 1. The second-order valence-corrected chi connectivity index (χ2v) is 5.75. The lowest BCUT2D eigenvalue weighted by atomic mass is 10.0. The van der Waals surface area contributed by atoms with E-state index in [2.05, 4.69) is 41.2 Å². The maximum Gasteiger partial charge on any atom is 0.0750 e. The minimum Gasteiger partial charge on any atom is -0.377 e. The Balaban J connectivity index is 1.86. The number of benzene rings is 1. The van der Waals surface area contributed by atoms with Gasteiger partial charge in [0.1, 0.15) is 0 Å². The molecule has 0 aliphatic carbocycles. The Labute approximate surface area is 125 Å². The fourth-order valence-electron chi connectivity index (χ4n) is 3.18. The average molecular weight is 285 g/mol. The summed E-state index contributed by atoms with van der Waals surface area (Å²) in [7, 11) is 2.13. The zero-order valence-corrected chi connectivity index (χ0v) is 12.5. The smallest absolute Gasteiger partial charge is 0.0750 e. The number of likely N-dealkylation sites (N-methyl/N-ethyl adjacent to an activating group) is 1. The lowest BCUT2D eigenvalue weighted by Crippen LogP contribution is -2.36. The summed E-state index contributed by atoms with van der Waals surface area (Å²) in [6.07, 6.45) is 4.50. The van der Waals surface area contributed by atoms with Crippen molar-refractivity contribution >= 4 is 10.9 Å². The van der Waals surface area contributed by atoms with Crippen molar-refractivity contribution in [2.24, 2.45) is 5.73 Å². The zero-order chi connectivity index (χ0) is 14.7. The third-order valence-electron chi connectivity index (χ3n) is 4.29. The Morgan fingerprint density at radius 3 is 3.00 bits per heavy atom. The van der Waals surface area contributed by atoms with E-state index in [1.807, 2.05) is 12.3 Å². The maximum atomic E-state index is 6.06. The first-order valence-corrected chi connectivity index (χ1v) is 7.65. The van der Waals surface area contributed by atoms with Gasteiger partial charge in [0, 0.05) is 37.3 Å². The molecule has 2 heterocycles. The second kappa shape index (κ2) is 6.52. The van der Waals surface area contributed by atoms with Crippen LogP contribution in [0.3, 0.4) is 0 Å². The molecule has 1 aliphatic heterocycles. The molecule has 1 aliphatic rings. The van der Waals surface area contributed by atoms with Crippen LogP contribution in [0.25, 0.3) is 10.9 Å². The van der Waals surface area contributed by atoms with E-state index in [0.29, 0.717) is 12.6 Å². The van der Waals surface area contributed by atoms with Crippen LogP contribution in [0.5, 0.6) is 0 Å². The molecule has 1 saturated heterocycles. The first-order chi connectivity index (χ1) is 10.3. The van der Waals surface area contributed by atoms with Gasteiger partial charge in [0.2, 0.25) is 0 Å². The summed E-state index contributed by atoms with van der Waals surface area (Å²) >= 11 is 0. The van der Waals surface area contributed by atoms with E-state index in [9.17, 15) is 0 Å². The minimum atomic E-state index is 0.174. The van der Waals surface area contributed by atoms with E-state index < -0.39 is 0 Å². The molecule has 21 heavy (non-hydrogen) atoms. The summed E-state index contributed by atoms with van der Waals surface area (Å²) in [4.78, 5) is 6.86. The van der Waals surface area contributed by atoms with E-state index in [1.165, 1.54) is 17.4 Å². The zero-order valence-electron chi connectivity index (χ0n) is 12.5. The highest BCUT2D eigenvalue weighted by molar-refractivity contribution is 5.82. The largest absolute Gasteiger partial charge is 0.377 e. The van der Waals surface area contributed by atoms with E-state index >= 15 is 0 Å². The number of ether oxygens (including phenoxy) is 1. The molecule has 2 atom stereocenters. The molecule has 0 spiro atoms. The number of para-hydroxylation sites is 1. The third-order valence-corrected chi connectivity index (χ3v) is 4.29. The van der Waals surface area contributed by atoms with Crippen molar-refractivity contribution in [1.29, 1.82) is 0 Å². The van der Waals surface area contributed by atoms with Crippen LogP contribution >= 0.6 is 0 Å². The van der Waals surface area contributed by atoms with Crippen LogP contribution in [0, 0.1) is 0 Å². The molecule has 4 nitrogen and oxygen atoms in total. The van der Waals surface area contributed by atoms with Crippen LogP contribution in [0.2, 0.25) is 0 Å².